The fourth-order valence-corrected chi connectivity index (χ4v) is 6.58. The maximum atomic E-state index is 13.4. The van der Waals surface area contributed by atoms with Crippen LogP contribution in [0.2, 0.25) is 0 Å². The minimum absolute atomic E-state index is 0.219. The highest BCUT2D eigenvalue weighted by Gasteiger charge is 2.29. The Labute approximate surface area is 337 Å². The molecule has 1 unspecified atom stereocenters. The van der Waals surface area contributed by atoms with Crippen LogP contribution in [0.3, 0.4) is 0 Å². The van der Waals surface area contributed by atoms with Gasteiger partial charge < -0.3 is 29.6 Å². The third-order valence-electron chi connectivity index (χ3n) is 10.0. The molecular weight excluding hydrogens is 714 g/mol. The lowest BCUT2D eigenvalue weighted by molar-refractivity contribution is -0.168. The van der Waals surface area contributed by atoms with Gasteiger partial charge in [0.15, 0.2) is 12.1 Å². The van der Waals surface area contributed by atoms with Gasteiger partial charge in [-0.1, -0.05) is 168 Å². The number of amides is 1. The molecule has 322 valence electrons. The molecule has 56 heavy (non-hydrogen) atoms. The SMILES string of the molecule is CCCCCCCCCCCCCCCC(=O)OCC(COC(=O)CCCCCCCCCCCCCCC)OC(=O)C(NC(=O)CCC(=O)O)c1cnc[nH]1. The molecule has 0 spiro atoms. The van der Waals surface area contributed by atoms with Crippen molar-refractivity contribution >= 4 is 29.8 Å². The van der Waals surface area contributed by atoms with Crippen LogP contribution in [-0.4, -0.2) is 64.2 Å². The molecule has 0 radical (unpaired) electrons. The Bertz CT molecular complexity index is 1100. The molecule has 1 rings (SSSR count). The van der Waals surface area contributed by atoms with Crippen molar-refractivity contribution in [1.82, 2.24) is 15.3 Å². The van der Waals surface area contributed by atoms with Gasteiger partial charge in [0.1, 0.15) is 13.2 Å². The fraction of sp³-hybridized carbons (Fsp3) is 0.818. The number of H-pyrrole nitrogens is 1. The van der Waals surface area contributed by atoms with Gasteiger partial charge in [0.2, 0.25) is 5.91 Å². The largest absolute Gasteiger partial charge is 0.481 e. The number of nitrogens with one attached hydrogen (secondary N) is 2. The van der Waals surface area contributed by atoms with Crippen molar-refractivity contribution in [2.75, 3.05) is 13.2 Å². The highest BCUT2D eigenvalue weighted by Crippen LogP contribution is 2.17. The quantitative estimate of drug-likeness (QED) is 0.0331. The predicted octanol–water partition coefficient (Wildman–Crippen LogP) is 10.4. The molecule has 12 heteroatoms. The van der Waals surface area contributed by atoms with Crippen molar-refractivity contribution in [3.63, 3.8) is 0 Å². The molecule has 0 aliphatic rings. The normalized spacial score (nSPS) is 11.7. The smallest absolute Gasteiger partial charge is 0.335 e. The Morgan fingerprint density at radius 2 is 0.982 bits per heavy atom. The summed E-state index contributed by atoms with van der Waals surface area (Å²) in [5.74, 6) is -3.59. The number of rotatable bonds is 39. The summed E-state index contributed by atoms with van der Waals surface area (Å²) in [6.07, 6.45) is 32.3. The molecular formula is C44H77N3O9. The summed E-state index contributed by atoms with van der Waals surface area (Å²) in [7, 11) is 0. The van der Waals surface area contributed by atoms with Crippen LogP contribution in [0.25, 0.3) is 0 Å². The van der Waals surface area contributed by atoms with E-state index in [0.717, 1.165) is 38.5 Å². The monoisotopic (exact) mass is 792 g/mol. The van der Waals surface area contributed by atoms with E-state index in [1.165, 1.54) is 128 Å². The van der Waals surface area contributed by atoms with Crippen LogP contribution in [0.1, 0.15) is 218 Å². The number of imidazole rings is 1. The number of carboxylic acid groups (broad SMARTS) is 1. The van der Waals surface area contributed by atoms with Crippen LogP contribution in [0.15, 0.2) is 12.5 Å². The second-order valence-corrected chi connectivity index (χ2v) is 15.3. The number of ether oxygens (including phenoxy) is 3. The lowest BCUT2D eigenvalue weighted by atomic mass is 10.0. The van der Waals surface area contributed by atoms with Gasteiger partial charge >= 0.3 is 23.9 Å². The number of carbonyl (C=O) groups is 5. The third-order valence-corrected chi connectivity index (χ3v) is 10.0. The maximum absolute atomic E-state index is 13.4. The number of esters is 3. The molecule has 0 aliphatic heterocycles. The third kappa shape index (κ3) is 29.8. The van der Waals surface area contributed by atoms with E-state index in [0.29, 0.717) is 12.8 Å². The average Bonchev–Trinajstić information content (AvgIpc) is 3.72. The summed E-state index contributed by atoms with van der Waals surface area (Å²) >= 11 is 0. The summed E-state index contributed by atoms with van der Waals surface area (Å²) in [5.41, 5.74) is 0.219. The van der Waals surface area contributed by atoms with E-state index in [-0.39, 0.29) is 38.2 Å². The highest BCUT2D eigenvalue weighted by molar-refractivity contribution is 5.86. The zero-order chi connectivity index (χ0) is 40.9. The Balaban J connectivity index is 2.52. The average molecular weight is 792 g/mol. The molecule has 0 bridgehead atoms. The predicted molar refractivity (Wildman–Crippen MR) is 219 cm³/mol. The first-order valence-corrected chi connectivity index (χ1v) is 22.3. The first-order valence-electron chi connectivity index (χ1n) is 22.3. The first kappa shape index (κ1) is 50.6. The van der Waals surface area contributed by atoms with Crippen molar-refractivity contribution in [3.05, 3.63) is 18.2 Å². The van der Waals surface area contributed by atoms with Gasteiger partial charge in [-0.25, -0.2) is 9.78 Å². The Morgan fingerprint density at radius 3 is 1.34 bits per heavy atom. The van der Waals surface area contributed by atoms with Crippen molar-refractivity contribution in [1.29, 1.82) is 0 Å². The summed E-state index contributed by atoms with van der Waals surface area (Å²) in [4.78, 5) is 68.7. The molecule has 12 nitrogen and oxygen atoms in total. The Kier molecular flexibility index (Phi) is 32.5. The van der Waals surface area contributed by atoms with Crippen LogP contribution in [-0.2, 0) is 38.2 Å². The van der Waals surface area contributed by atoms with Crippen LogP contribution in [0, 0.1) is 0 Å². The van der Waals surface area contributed by atoms with E-state index in [1.807, 2.05) is 0 Å². The molecule has 1 atom stereocenters. The minimum atomic E-state index is -1.33. The van der Waals surface area contributed by atoms with Gasteiger partial charge in [0.25, 0.3) is 0 Å². The van der Waals surface area contributed by atoms with E-state index in [2.05, 4.69) is 29.1 Å². The molecule has 3 N–H and O–H groups in total. The van der Waals surface area contributed by atoms with Crippen LogP contribution >= 0.6 is 0 Å². The zero-order valence-corrected chi connectivity index (χ0v) is 35.1. The number of hydrogen-bond acceptors (Lipinski definition) is 9. The van der Waals surface area contributed by atoms with Crippen LogP contribution in [0.4, 0.5) is 0 Å². The highest BCUT2D eigenvalue weighted by atomic mass is 16.6. The van der Waals surface area contributed by atoms with E-state index < -0.39 is 48.4 Å². The molecule has 0 aromatic carbocycles. The molecule has 0 saturated heterocycles. The summed E-state index contributed by atoms with van der Waals surface area (Å²) < 4.78 is 16.6. The van der Waals surface area contributed by atoms with Crippen molar-refractivity contribution < 1.29 is 43.3 Å². The Morgan fingerprint density at radius 1 is 0.589 bits per heavy atom. The van der Waals surface area contributed by atoms with Gasteiger partial charge in [-0.05, 0) is 12.8 Å². The molecule has 0 fully saturated rings. The zero-order valence-electron chi connectivity index (χ0n) is 35.1. The molecule has 1 aromatic rings. The van der Waals surface area contributed by atoms with Gasteiger partial charge in [0, 0.05) is 19.3 Å². The van der Waals surface area contributed by atoms with Gasteiger partial charge in [0.05, 0.1) is 24.6 Å². The first-order chi connectivity index (χ1) is 27.3. The fourth-order valence-electron chi connectivity index (χ4n) is 6.58. The molecule has 0 saturated carbocycles. The Hall–Kier alpha value is -3.44. The van der Waals surface area contributed by atoms with E-state index in [4.69, 9.17) is 19.3 Å². The van der Waals surface area contributed by atoms with Gasteiger partial charge in [-0.3, -0.25) is 19.2 Å². The second-order valence-electron chi connectivity index (χ2n) is 15.3. The lowest BCUT2D eigenvalue weighted by Gasteiger charge is -2.22. The van der Waals surface area contributed by atoms with E-state index in [1.54, 1.807) is 0 Å². The number of unbranched alkanes of at least 4 members (excludes halogenated alkanes) is 24. The molecule has 1 heterocycles. The maximum Gasteiger partial charge on any atom is 0.335 e. The van der Waals surface area contributed by atoms with Gasteiger partial charge in [-0.2, -0.15) is 0 Å². The number of nitrogens with zero attached hydrogens (tertiary/aromatic N) is 1. The number of aromatic nitrogens is 2. The molecule has 1 aromatic heterocycles. The summed E-state index contributed by atoms with van der Waals surface area (Å²) in [6.45, 7) is 3.83. The van der Waals surface area contributed by atoms with Crippen LogP contribution in [0.5, 0.6) is 0 Å². The number of hydrogen-bond donors (Lipinski definition) is 3. The summed E-state index contributed by atoms with van der Waals surface area (Å²) in [5, 5.41) is 11.4. The van der Waals surface area contributed by atoms with Crippen molar-refractivity contribution in [2.24, 2.45) is 0 Å². The number of aliphatic carboxylic acids is 1. The standard InChI is InChI=1S/C44H77N3O9/c1-3-5-7-9-11-13-15-17-19-21-23-25-27-29-41(51)54-34-37(56-44(53)43(38-33-45-36-46-38)47-39(48)31-32-40(49)50)35-55-42(52)30-28-26-24-22-20-18-16-14-12-10-8-6-4-2/h33,36-37,43H,3-32,34-35H2,1-2H3,(H,45,46)(H,47,48)(H,49,50). The number of carboxylic acids is 1. The lowest BCUT2D eigenvalue weighted by Crippen LogP contribution is -2.39. The number of aromatic amines is 1. The molecule has 1 amide bonds. The second kappa shape index (κ2) is 35.9. The topological polar surface area (TPSA) is 174 Å². The van der Waals surface area contributed by atoms with Gasteiger partial charge in [-0.15, -0.1) is 0 Å². The van der Waals surface area contributed by atoms with Crippen molar-refractivity contribution in [3.8, 4) is 0 Å². The summed E-state index contributed by atoms with van der Waals surface area (Å²) in [6, 6.07) is -1.33. The number of carbonyl (C=O) groups excluding carboxylic acids is 4. The van der Waals surface area contributed by atoms with Crippen LogP contribution < -0.4 is 5.32 Å². The van der Waals surface area contributed by atoms with Crippen molar-refractivity contribution in [2.45, 2.75) is 219 Å². The van der Waals surface area contributed by atoms with E-state index in [9.17, 15) is 24.0 Å². The molecule has 0 aliphatic carbocycles. The minimum Gasteiger partial charge on any atom is -0.481 e. The van der Waals surface area contributed by atoms with E-state index >= 15 is 0 Å².